The van der Waals surface area contributed by atoms with E-state index in [9.17, 15) is 43.2 Å². The summed E-state index contributed by atoms with van der Waals surface area (Å²) in [7, 11) is -9.89. The van der Waals surface area contributed by atoms with Crippen LogP contribution in [0.2, 0.25) is 0 Å². The molecule has 0 radical (unpaired) electrons. The maximum Gasteiger partial charge on any atom is 0.472 e. The summed E-state index contributed by atoms with van der Waals surface area (Å²) >= 11 is 0. The number of phosphoric acid groups is 2. The fourth-order valence-electron chi connectivity index (χ4n) is 10.3. The number of aliphatic hydroxyl groups excluding tert-OH is 1. The van der Waals surface area contributed by atoms with E-state index in [0.29, 0.717) is 31.6 Å². The number of rotatable bonds is 67. The number of carbonyl (C=O) groups is 4. The predicted molar refractivity (Wildman–Crippen MR) is 354 cm³/mol. The van der Waals surface area contributed by atoms with Gasteiger partial charge in [-0.2, -0.15) is 0 Å². The summed E-state index contributed by atoms with van der Waals surface area (Å²) in [6.45, 7) is 11.8. The molecule has 17 nitrogen and oxygen atoms in total. The molecule has 0 saturated heterocycles. The fourth-order valence-corrected chi connectivity index (χ4v) is 11.9. The van der Waals surface area contributed by atoms with Crippen LogP contribution in [0.25, 0.3) is 0 Å². The van der Waals surface area contributed by atoms with E-state index in [1.54, 1.807) is 0 Å². The monoisotopic (exact) mass is 1300 g/mol. The lowest BCUT2D eigenvalue weighted by Gasteiger charge is -2.21. The maximum atomic E-state index is 13.0. The molecule has 0 bridgehead atoms. The van der Waals surface area contributed by atoms with Gasteiger partial charge in [0.25, 0.3) is 0 Å². The summed E-state index contributed by atoms with van der Waals surface area (Å²) in [5.74, 6) is 0.189. The van der Waals surface area contributed by atoms with Gasteiger partial charge in [0.2, 0.25) is 0 Å². The van der Waals surface area contributed by atoms with Crippen LogP contribution in [0, 0.1) is 17.8 Å². The van der Waals surface area contributed by atoms with Crippen molar-refractivity contribution in [1.82, 2.24) is 0 Å². The van der Waals surface area contributed by atoms with Crippen molar-refractivity contribution in [1.29, 1.82) is 0 Å². The SMILES string of the molecule is CCCCCCCCCC(=O)OC[C@H](COP(=O)(O)OC[C@H](O)COP(=O)(O)OC[C@@H](COC(=O)CCCCCCCCCCCCC(C)CC)OC(=O)CCCCCCCCCCCCCCCCC(C)CC)OC(=O)CCCCCCCCC(C)C. The van der Waals surface area contributed by atoms with Gasteiger partial charge in [0.15, 0.2) is 12.2 Å². The van der Waals surface area contributed by atoms with Crippen LogP contribution in [-0.2, 0) is 65.4 Å². The van der Waals surface area contributed by atoms with Crippen LogP contribution in [0.15, 0.2) is 0 Å². The Balaban J connectivity index is 5.20. The van der Waals surface area contributed by atoms with Crippen molar-refractivity contribution in [2.45, 2.75) is 362 Å². The van der Waals surface area contributed by atoms with Gasteiger partial charge < -0.3 is 33.8 Å². The number of aliphatic hydroxyl groups is 1. The lowest BCUT2D eigenvalue weighted by atomic mass is 9.99. The summed E-state index contributed by atoms with van der Waals surface area (Å²) in [4.78, 5) is 72.3. The molecule has 0 saturated carbocycles. The molecule has 7 atom stereocenters. The van der Waals surface area contributed by atoms with Crippen LogP contribution in [0.1, 0.15) is 344 Å². The highest BCUT2D eigenvalue weighted by Gasteiger charge is 2.30. The molecule has 88 heavy (non-hydrogen) atoms. The maximum absolute atomic E-state index is 13.0. The molecule has 0 aromatic rings. The van der Waals surface area contributed by atoms with Crippen molar-refractivity contribution in [2.24, 2.45) is 17.8 Å². The predicted octanol–water partition coefficient (Wildman–Crippen LogP) is 19.5. The van der Waals surface area contributed by atoms with Crippen LogP contribution >= 0.6 is 15.6 Å². The van der Waals surface area contributed by atoms with Gasteiger partial charge in [-0.3, -0.25) is 37.3 Å². The first-order valence-corrected chi connectivity index (χ1v) is 38.9. The quantitative estimate of drug-likeness (QED) is 0.0222. The molecule has 0 aliphatic carbocycles. The topological polar surface area (TPSA) is 237 Å². The van der Waals surface area contributed by atoms with Crippen LogP contribution in [0.4, 0.5) is 0 Å². The molecule has 0 amide bonds. The first-order valence-electron chi connectivity index (χ1n) is 35.9. The molecule has 0 aliphatic rings. The van der Waals surface area contributed by atoms with Crippen molar-refractivity contribution in [3.05, 3.63) is 0 Å². The fraction of sp³-hybridized carbons (Fsp3) is 0.942. The van der Waals surface area contributed by atoms with Crippen LogP contribution in [0.3, 0.4) is 0 Å². The Morgan fingerprint density at radius 2 is 0.580 bits per heavy atom. The normalized spacial score (nSPS) is 14.9. The van der Waals surface area contributed by atoms with Gasteiger partial charge in [-0.1, -0.05) is 292 Å². The molecule has 19 heteroatoms. The van der Waals surface area contributed by atoms with Crippen LogP contribution in [0.5, 0.6) is 0 Å². The summed E-state index contributed by atoms with van der Waals surface area (Å²) < 4.78 is 68.1. The molecule has 3 N–H and O–H groups in total. The standard InChI is InChI=1S/C69H134O17P2/c1-8-11-12-13-26-36-43-50-66(71)79-56-65(86-69(74)53-46-39-32-31-33-40-47-60(4)5)59-84-88(77,78)82-55-63(70)54-81-87(75,76)83-58-64(57-80-67(72)51-44-37-29-24-21-20-23-28-35-42-49-62(7)10-3)85-68(73)52-45-38-30-25-19-17-15-14-16-18-22-27-34-41-48-61(6)9-2/h60-65,70H,8-59H2,1-7H3,(H,75,76)(H,77,78)/t61?,62?,63-,64-,65-/m1/s1. The Kier molecular flexibility index (Phi) is 58.7. The van der Waals surface area contributed by atoms with Gasteiger partial charge >= 0.3 is 39.5 Å². The molecule has 0 aromatic carbocycles. The first kappa shape index (κ1) is 86.1. The van der Waals surface area contributed by atoms with E-state index in [1.807, 2.05) is 0 Å². The Labute approximate surface area is 537 Å². The minimum Gasteiger partial charge on any atom is -0.462 e. The smallest absolute Gasteiger partial charge is 0.462 e. The number of hydrogen-bond acceptors (Lipinski definition) is 15. The molecule has 0 heterocycles. The summed E-state index contributed by atoms with van der Waals surface area (Å²) in [5.41, 5.74) is 0. The minimum atomic E-state index is -4.95. The molecule has 0 aromatic heterocycles. The third-order valence-electron chi connectivity index (χ3n) is 16.6. The van der Waals surface area contributed by atoms with E-state index in [-0.39, 0.29) is 25.7 Å². The third kappa shape index (κ3) is 60.3. The molecule has 522 valence electrons. The highest BCUT2D eigenvalue weighted by atomic mass is 31.2. The lowest BCUT2D eigenvalue weighted by Crippen LogP contribution is -2.30. The Bertz CT molecular complexity index is 1740. The highest BCUT2D eigenvalue weighted by molar-refractivity contribution is 7.47. The molecular weight excluding hydrogens is 1160 g/mol. The zero-order valence-electron chi connectivity index (χ0n) is 57.2. The van der Waals surface area contributed by atoms with Crippen LogP contribution < -0.4 is 0 Å². The van der Waals surface area contributed by atoms with Crippen molar-refractivity contribution in [3.8, 4) is 0 Å². The average Bonchev–Trinajstić information content (AvgIpc) is 3.51. The average molecular weight is 1300 g/mol. The van der Waals surface area contributed by atoms with Crippen molar-refractivity contribution in [2.75, 3.05) is 39.6 Å². The number of hydrogen-bond donors (Lipinski definition) is 3. The van der Waals surface area contributed by atoms with Crippen molar-refractivity contribution in [3.63, 3.8) is 0 Å². The van der Waals surface area contributed by atoms with E-state index in [4.69, 9.17) is 37.0 Å². The van der Waals surface area contributed by atoms with Crippen molar-refractivity contribution < 1.29 is 80.2 Å². The molecule has 4 unspecified atom stereocenters. The van der Waals surface area contributed by atoms with Gasteiger partial charge in [0.1, 0.15) is 19.3 Å². The van der Waals surface area contributed by atoms with Crippen molar-refractivity contribution >= 4 is 39.5 Å². The van der Waals surface area contributed by atoms with E-state index in [1.165, 1.54) is 141 Å². The number of ether oxygens (including phenoxy) is 4. The Morgan fingerprint density at radius 3 is 0.864 bits per heavy atom. The Hall–Kier alpha value is -1.94. The van der Waals surface area contributed by atoms with E-state index >= 15 is 0 Å². The summed E-state index contributed by atoms with van der Waals surface area (Å²) in [6, 6.07) is 0. The zero-order valence-corrected chi connectivity index (χ0v) is 59.0. The minimum absolute atomic E-state index is 0.101. The van der Waals surface area contributed by atoms with Gasteiger partial charge in [0.05, 0.1) is 26.4 Å². The molecule has 0 aliphatic heterocycles. The number of unbranched alkanes of at least 4 members (excludes halogenated alkanes) is 33. The molecule has 0 spiro atoms. The Morgan fingerprint density at radius 1 is 0.330 bits per heavy atom. The molecule has 0 fully saturated rings. The second-order valence-corrected chi connectivity index (χ2v) is 28.8. The lowest BCUT2D eigenvalue weighted by molar-refractivity contribution is -0.161. The second-order valence-electron chi connectivity index (χ2n) is 25.9. The molecule has 0 rings (SSSR count). The van der Waals surface area contributed by atoms with E-state index in [2.05, 4.69) is 48.5 Å². The van der Waals surface area contributed by atoms with Gasteiger partial charge in [-0.05, 0) is 43.4 Å². The third-order valence-corrected chi connectivity index (χ3v) is 18.5. The van der Waals surface area contributed by atoms with E-state index in [0.717, 1.165) is 115 Å². The summed E-state index contributed by atoms with van der Waals surface area (Å²) in [6.07, 6.45) is 43.3. The summed E-state index contributed by atoms with van der Waals surface area (Å²) in [5, 5.41) is 10.6. The van der Waals surface area contributed by atoms with Gasteiger partial charge in [-0.25, -0.2) is 9.13 Å². The zero-order chi connectivity index (χ0) is 65.2. The van der Waals surface area contributed by atoms with Gasteiger partial charge in [-0.15, -0.1) is 0 Å². The number of carbonyl (C=O) groups excluding carboxylic acids is 4. The number of esters is 4. The van der Waals surface area contributed by atoms with Gasteiger partial charge in [0, 0.05) is 25.7 Å². The first-order chi connectivity index (χ1) is 42.3. The van der Waals surface area contributed by atoms with Crippen LogP contribution in [-0.4, -0.2) is 96.7 Å². The second kappa shape index (κ2) is 60.0. The van der Waals surface area contributed by atoms with E-state index < -0.39 is 97.5 Å². The molecular formula is C69H134O17P2. The largest absolute Gasteiger partial charge is 0.472 e. The number of phosphoric ester groups is 2. The highest BCUT2D eigenvalue weighted by Crippen LogP contribution is 2.45.